The highest BCUT2D eigenvalue weighted by molar-refractivity contribution is 5.41. The highest BCUT2D eigenvalue weighted by Crippen LogP contribution is 2.25. The van der Waals surface area contributed by atoms with Gasteiger partial charge in [0.15, 0.2) is 0 Å². The highest BCUT2D eigenvalue weighted by atomic mass is 16.5. The predicted octanol–water partition coefficient (Wildman–Crippen LogP) is 2.42. The van der Waals surface area contributed by atoms with Crippen LogP contribution < -0.4 is 4.74 Å². The fraction of sp³-hybridized carbons (Fsp3) is 0.579. The Morgan fingerprint density at radius 1 is 1.28 bits per heavy atom. The van der Waals surface area contributed by atoms with Gasteiger partial charge in [-0.2, -0.15) is 5.10 Å². The van der Waals surface area contributed by atoms with Gasteiger partial charge in [0.05, 0.1) is 37.8 Å². The van der Waals surface area contributed by atoms with Gasteiger partial charge in [-0.15, -0.1) is 0 Å². The van der Waals surface area contributed by atoms with E-state index in [1.165, 1.54) is 5.69 Å². The summed E-state index contributed by atoms with van der Waals surface area (Å²) < 4.78 is 13.5. The molecule has 0 saturated carbocycles. The third-order valence-electron chi connectivity index (χ3n) is 4.83. The van der Waals surface area contributed by atoms with E-state index in [-0.39, 0.29) is 6.10 Å². The molecule has 0 spiro atoms. The second-order valence-corrected chi connectivity index (χ2v) is 6.88. The van der Waals surface area contributed by atoms with Gasteiger partial charge in [0.25, 0.3) is 0 Å². The van der Waals surface area contributed by atoms with Gasteiger partial charge in [0.2, 0.25) is 0 Å². The molecule has 2 aromatic rings. The van der Waals surface area contributed by atoms with E-state index in [0.717, 1.165) is 61.1 Å². The van der Waals surface area contributed by atoms with Crippen LogP contribution in [0.4, 0.5) is 0 Å². The number of methoxy groups -OCH3 is 1. The fourth-order valence-electron chi connectivity index (χ4n) is 3.53. The maximum atomic E-state index is 5.96. The van der Waals surface area contributed by atoms with Crippen molar-refractivity contribution in [2.75, 3.05) is 26.8 Å². The highest BCUT2D eigenvalue weighted by Gasteiger charge is 2.23. The number of pyridine rings is 1. The van der Waals surface area contributed by atoms with Gasteiger partial charge < -0.3 is 9.47 Å². The molecule has 3 rings (SSSR count). The standard InChI is InChI=1S/C19H28N4O2/c1-13-9-20-18(16(4)19(13)24-5)12-22-6-7-25-17(10-22)11-23-15(3)8-14(2)21-23/h8-9,17H,6-7,10-12H2,1-5H3/t17-/m0/s1. The average molecular weight is 344 g/mol. The van der Waals surface area contributed by atoms with Crippen molar-refractivity contribution in [2.45, 2.75) is 46.9 Å². The van der Waals surface area contributed by atoms with Crippen LogP contribution in [0.2, 0.25) is 0 Å². The lowest BCUT2D eigenvalue weighted by atomic mass is 10.1. The van der Waals surface area contributed by atoms with E-state index in [0.29, 0.717) is 0 Å². The molecule has 6 heteroatoms. The van der Waals surface area contributed by atoms with E-state index in [2.05, 4.69) is 34.9 Å². The first kappa shape index (κ1) is 17.9. The molecule has 0 unspecified atom stereocenters. The second kappa shape index (κ2) is 7.54. The van der Waals surface area contributed by atoms with E-state index < -0.39 is 0 Å². The number of rotatable bonds is 5. The van der Waals surface area contributed by atoms with Crippen LogP contribution in [-0.4, -0.2) is 52.6 Å². The van der Waals surface area contributed by atoms with E-state index in [1.54, 1.807) is 7.11 Å². The molecule has 1 fully saturated rings. The maximum absolute atomic E-state index is 5.96. The summed E-state index contributed by atoms with van der Waals surface area (Å²) in [5.74, 6) is 0.942. The Morgan fingerprint density at radius 3 is 2.76 bits per heavy atom. The smallest absolute Gasteiger partial charge is 0.128 e. The molecule has 0 aromatic carbocycles. The molecule has 2 aromatic heterocycles. The molecule has 0 aliphatic carbocycles. The topological polar surface area (TPSA) is 52.4 Å². The van der Waals surface area contributed by atoms with Crippen molar-refractivity contribution in [1.29, 1.82) is 0 Å². The van der Waals surface area contributed by atoms with Gasteiger partial charge in [0.1, 0.15) is 5.75 Å². The number of morpholine rings is 1. The van der Waals surface area contributed by atoms with Crippen molar-refractivity contribution in [3.8, 4) is 5.75 Å². The molecule has 6 nitrogen and oxygen atoms in total. The molecule has 3 heterocycles. The Bertz CT molecular complexity index is 741. The van der Waals surface area contributed by atoms with Crippen molar-refractivity contribution in [2.24, 2.45) is 0 Å². The van der Waals surface area contributed by atoms with E-state index in [1.807, 2.05) is 24.7 Å². The van der Waals surface area contributed by atoms with Crippen molar-refractivity contribution >= 4 is 0 Å². The minimum atomic E-state index is 0.152. The summed E-state index contributed by atoms with van der Waals surface area (Å²) in [6, 6.07) is 2.10. The zero-order valence-corrected chi connectivity index (χ0v) is 15.9. The number of aryl methyl sites for hydroxylation is 3. The first-order valence-electron chi connectivity index (χ1n) is 8.82. The summed E-state index contributed by atoms with van der Waals surface area (Å²) in [4.78, 5) is 7.03. The fourth-order valence-corrected chi connectivity index (χ4v) is 3.53. The van der Waals surface area contributed by atoms with Crippen LogP contribution in [0.3, 0.4) is 0 Å². The van der Waals surface area contributed by atoms with Gasteiger partial charge in [-0.05, 0) is 33.8 Å². The maximum Gasteiger partial charge on any atom is 0.128 e. The zero-order chi connectivity index (χ0) is 18.0. The quantitative estimate of drug-likeness (QED) is 0.834. The molecular weight excluding hydrogens is 316 g/mol. The zero-order valence-electron chi connectivity index (χ0n) is 15.9. The van der Waals surface area contributed by atoms with Crippen molar-refractivity contribution in [3.05, 3.63) is 40.5 Å². The number of hydrogen-bond acceptors (Lipinski definition) is 5. The molecular formula is C19H28N4O2. The Kier molecular flexibility index (Phi) is 5.39. The van der Waals surface area contributed by atoms with Crippen LogP contribution in [-0.2, 0) is 17.8 Å². The van der Waals surface area contributed by atoms with Gasteiger partial charge in [0, 0.05) is 42.7 Å². The molecule has 0 radical (unpaired) electrons. The van der Waals surface area contributed by atoms with E-state index in [9.17, 15) is 0 Å². The van der Waals surface area contributed by atoms with Gasteiger partial charge in [-0.3, -0.25) is 14.6 Å². The Morgan fingerprint density at radius 2 is 2.08 bits per heavy atom. The van der Waals surface area contributed by atoms with Crippen molar-refractivity contribution < 1.29 is 9.47 Å². The minimum Gasteiger partial charge on any atom is -0.496 e. The Hall–Kier alpha value is -1.92. The van der Waals surface area contributed by atoms with E-state index in [4.69, 9.17) is 9.47 Å². The van der Waals surface area contributed by atoms with E-state index >= 15 is 0 Å². The van der Waals surface area contributed by atoms with Gasteiger partial charge in [-0.25, -0.2) is 0 Å². The van der Waals surface area contributed by atoms with Crippen LogP contribution in [0.25, 0.3) is 0 Å². The van der Waals surface area contributed by atoms with Crippen molar-refractivity contribution in [3.63, 3.8) is 0 Å². The summed E-state index contributed by atoms with van der Waals surface area (Å²) >= 11 is 0. The number of nitrogens with zero attached hydrogens (tertiary/aromatic N) is 4. The summed E-state index contributed by atoms with van der Waals surface area (Å²) in [6.45, 7) is 12.4. The molecule has 1 aliphatic rings. The molecule has 1 atom stereocenters. The third-order valence-corrected chi connectivity index (χ3v) is 4.83. The third kappa shape index (κ3) is 4.02. The lowest BCUT2D eigenvalue weighted by Crippen LogP contribution is -2.44. The van der Waals surface area contributed by atoms with Crippen LogP contribution in [0.1, 0.15) is 28.2 Å². The molecule has 0 amide bonds. The first-order valence-corrected chi connectivity index (χ1v) is 8.82. The molecule has 25 heavy (non-hydrogen) atoms. The van der Waals surface area contributed by atoms with Gasteiger partial charge >= 0.3 is 0 Å². The lowest BCUT2D eigenvalue weighted by Gasteiger charge is -2.33. The molecule has 0 N–H and O–H groups in total. The predicted molar refractivity (Wildman–Crippen MR) is 97.0 cm³/mol. The first-order chi connectivity index (χ1) is 12.0. The monoisotopic (exact) mass is 344 g/mol. The normalized spacial score (nSPS) is 18.5. The number of hydrogen-bond donors (Lipinski definition) is 0. The van der Waals surface area contributed by atoms with Crippen LogP contribution in [0, 0.1) is 27.7 Å². The summed E-state index contributed by atoms with van der Waals surface area (Å²) in [7, 11) is 1.72. The molecule has 1 aliphatic heterocycles. The SMILES string of the molecule is COc1c(C)cnc(CN2CCO[C@H](Cn3nc(C)cc3C)C2)c1C. The summed E-state index contributed by atoms with van der Waals surface area (Å²) in [5, 5.41) is 4.55. The Labute approximate surface area is 149 Å². The minimum absolute atomic E-state index is 0.152. The number of ether oxygens (including phenoxy) is 2. The molecule has 0 bridgehead atoms. The summed E-state index contributed by atoms with van der Waals surface area (Å²) in [6.07, 6.45) is 2.05. The number of aromatic nitrogens is 3. The second-order valence-electron chi connectivity index (χ2n) is 6.88. The van der Waals surface area contributed by atoms with Crippen LogP contribution >= 0.6 is 0 Å². The molecule has 1 saturated heterocycles. The molecule has 136 valence electrons. The van der Waals surface area contributed by atoms with Gasteiger partial charge in [-0.1, -0.05) is 0 Å². The van der Waals surface area contributed by atoms with Crippen LogP contribution in [0.5, 0.6) is 5.75 Å². The van der Waals surface area contributed by atoms with Crippen molar-refractivity contribution in [1.82, 2.24) is 19.7 Å². The largest absolute Gasteiger partial charge is 0.496 e. The lowest BCUT2D eigenvalue weighted by molar-refractivity contribution is -0.0408. The van der Waals surface area contributed by atoms with Crippen LogP contribution in [0.15, 0.2) is 12.3 Å². The average Bonchev–Trinajstić information content (AvgIpc) is 2.88. The Balaban J connectivity index is 1.67. The summed E-state index contributed by atoms with van der Waals surface area (Å²) in [5.41, 5.74) is 5.52.